The molecule has 1 N–H and O–H groups in total. The highest BCUT2D eigenvalue weighted by Gasteiger charge is 1.92. The van der Waals surface area contributed by atoms with Crippen LogP contribution in [0.25, 0.3) is 0 Å². The third-order valence-electron chi connectivity index (χ3n) is 1.87. The van der Waals surface area contributed by atoms with E-state index in [0.29, 0.717) is 0 Å². The zero-order chi connectivity index (χ0) is 9.36. The minimum atomic E-state index is 1.03. The van der Waals surface area contributed by atoms with Crippen molar-refractivity contribution in [1.82, 2.24) is 5.32 Å². The normalized spacial score (nSPS) is 10.5. The summed E-state index contributed by atoms with van der Waals surface area (Å²) in [5, 5.41) is 6.71. The van der Waals surface area contributed by atoms with Crippen LogP contribution in [-0.4, -0.2) is 11.9 Å². The van der Waals surface area contributed by atoms with Crippen LogP contribution in [0.2, 0.25) is 0 Å². The molecule has 0 aromatic carbocycles. The van der Waals surface area contributed by atoms with Gasteiger partial charge in [0.1, 0.15) is 0 Å². The van der Waals surface area contributed by atoms with Crippen LogP contribution < -0.4 is 5.32 Å². The highest BCUT2D eigenvalue weighted by atomic mass is 79.9. The van der Waals surface area contributed by atoms with Crippen LogP contribution in [0.3, 0.4) is 0 Å². The van der Waals surface area contributed by atoms with E-state index in [1.54, 1.807) is 0 Å². The Morgan fingerprint density at radius 2 is 2.23 bits per heavy atom. The van der Waals surface area contributed by atoms with E-state index < -0.39 is 0 Å². The average molecular weight is 262 g/mol. The second-order valence-corrected chi connectivity index (χ2v) is 4.83. The summed E-state index contributed by atoms with van der Waals surface area (Å²) < 4.78 is 0. The van der Waals surface area contributed by atoms with Crippen molar-refractivity contribution in [2.75, 3.05) is 11.9 Å². The number of hydrogen-bond donors (Lipinski definition) is 1. The van der Waals surface area contributed by atoms with Gasteiger partial charge in [0.05, 0.1) is 0 Å². The van der Waals surface area contributed by atoms with E-state index >= 15 is 0 Å². The Bertz CT molecular complexity index is 199. The standard InChI is InChI=1S/C10H16BrNS/c11-6-2-1-3-7-12-9-10-5-4-8-13-10/h4-5,8,12H,1-3,6-7,9H2. The summed E-state index contributed by atoms with van der Waals surface area (Å²) in [5.41, 5.74) is 0. The smallest absolute Gasteiger partial charge is 0.0299 e. The largest absolute Gasteiger partial charge is 0.312 e. The van der Waals surface area contributed by atoms with Crippen molar-refractivity contribution in [2.24, 2.45) is 0 Å². The average Bonchev–Trinajstić information content (AvgIpc) is 2.63. The lowest BCUT2D eigenvalue weighted by Crippen LogP contribution is -2.13. The topological polar surface area (TPSA) is 12.0 Å². The molecule has 1 aromatic heterocycles. The fraction of sp³-hybridized carbons (Fsp3) is 0.600. The first-order valence-corrected chi connectivity index (χ1v) is 6.72. The van der Waals surface area contributed by atoms with Crippen molar-refractivity contribution >= 4 is 27.3 Å². The Morgan fingerprint density at radius 3 is 2.92 bits per heavy atom. The van der Waals surface area contributed by atoms with E-state index in [1.165, 1.54) is 24.1 Å². The summed E-state index contributed by atoms with van der Waals surface area (Å²) in [6, 6.07) is 4.28. The number of hydrogen-bond acceptors (Lipinski definition) is 2. The molecular formula is C10H16BrNS. The molecule has 1 nitrogen and oxygen atoms in total. The summed E-state index contributed by atoms with van der Waals surface area (Å²) in [6.07, 6.45) is 3.90. The zero-order valence-corrected chi connectivity index (χ0v) is 10.2. The number of rotatable bonds is 7. The van der Waals surface area contributed by atoms with Gasteiger partial charge in [-0.05, 0) is 30.8 Å². The number of unbranched alkanes of at least 4 members (excludes halogenated alkanes) is 2. The van der Waals surface area contributed by atoms with Gasteiger partial charge in [-0.2, -0.15) is 0 Å². The van der Waals surface area contributed by atoms with E-state index in [1.807, 2.05) is 11.3 Å². The molecule has 13 heavy (non-hydrogen) atoms. The number of nitrogens with one attached hydrogen (secondary N) is 1. The fourth-order valence-electron chi connectivity index (χ4n) is 1.15. The van der Waals surface area contributed by atoms with Crippen LogP contribution in [0.15, 0.2) is 17.5 Å². The third-order valence-corrected chi connectivity index (χ3v) is 3.30. The molecule has 0 saturated carbocycles. The molecule has 1 aromatic rings. The van der Waals surface area contributed by atoms with E-state index in [0.717, 1.165) is 18.4 Å². The van der Waals surface area contributed by atoms with Crippen molar-refractivity contribution in [3.05, 3.63) is 22.4 Å². The van der Waals surface area contributed by atoms with Gasteiger partial charge >= 0.3 is 0 Å². The molecule has 0 amide bonds. The van der Waals surface area contributed by atoms with Gasteiger partial charge in [0.15, 0.2) is 0 Å². The van der Waals surface area contributed by atoms with Crippen LogP contribution in [0, 0.1) is 0 Å². The maximum absolute atomic E-state index is 3.44. The molecule has 0 radical (unpaired) electrons. The van der Waals surface area contributed by atoms with Gasteiger partial charge in [0, 0.05) is 16.8 Å². The van der Waals surface area contributed by atoms with Crippen molar-refractivity contribution in [3.8, 4) is 0 Å². The van der Waals surface area contributed by atoms with Crippen LogP contribution in [-0.2, 0) is 6.54 Å². The fourth-order valence-corrected chi connectivity index (χ4v) is 2.22. The third kappa shape index (κ3) is 5.45. The minimum absolute atomic E-state index is 1.03. The molecule has 0 aliphatic heterocycles. The van der Waals surface area contributed by atoms with Gasteiger partial charge in [-0.3, -0.25) is 0 Å². The molecule has 0 aliphatic carbocycles. The van der Waals surface area contributed by atoms with Crippen molar-refractivity contribution < 1.29 is 0 Å². The summed E-state index contributed by atoms with van der Waals surface area (Å²) in [7, 11) is 0. The lowest BCUT2D eigenvalue weighted by atomic mass is 10.2. The number of halogens is 1. The summed E-state index contributed by atoms with van der Waals surface area (Å²) >= 11 is 5.25. The van der Waals surface area contributed by atoms with Gasteiger partial charge < -0.3 is 5.32 Å². The minimum Gasteiger partial charge on any atom is -0.312 e. The SMILES string of the molecule is BrCCCCCNCc1cccs1. The lowest BCUT2D eigenvalue weighted by molar-refractivity contribution is 0.623. The van der Waals surface area contributed by atoms with Crippen LogP contribution in [0.4, 0.5) is 0 Å². The Hall–Kier alpha value is 0.140. The zero-order valence-electron chi connectivity index (χ0n) is 7.76. The van der Waals surface area contributed by atoms with E-state index in [9.17, 15) is 0 Å². The van der Waals surface area contributed by atoms with Crippen LogP contribution >= 0.6 is 27.3 Å². The highest BCUT2D eigenvalue weighted by molar-refractivity contribution is 9.09. The second kappa shape index (κ2) is 7.54. The van der Waals surface area contributed by atoms with Gasteiger partial charge in [0.2, 0.25) is 0 Å². The molecule has 3 heteroatoms. The Kier molecular flexibility index (Phi) is 6.50. The monoisotopic (exact) mass is 261 g/mol. The number of alkyl halides is 1. The van der Waals surface area contributed by atoms with Crippen LogP contribution in [0.1, 0.15) is 24.1 Å². The molecule has 0 bridgehead atoms. The first-order chi connectivity index (χ1) is 6.43. The highest BCUT2D eigenvalue weighted by Crippen LogP contribution is 2.07. The van der Waals surface area contributed by atoms with Crippen LogP contribution in [0.5, 0.6) is 0 Å². The predicted molar refractivity (Wildman–Crippen MR) is 63.7 cm³/mol. The molecule has 0 fully saturated rings. The molecule has 0 aliphatic rings. The van der Waals surface area contributed by atoms with Gasteiger partial charge in [0.25, 0.3) is 0 Å². The summed E-state index contributed by atoms with van der Waals surface area (Å²) in [6.45, 7) is 2.18. The quantitative estimate of drug-likeness (QED) is 0.586. The van der Waals surface area contributed by atoms with Crippen molar-refractivity contribution in [1.29, 1.82) is 0 Å². The summed E-state index contributed by atoms with van der Waals surface area (Å²) in [5.74, 6) is 0. The molecule has 0 saturated heterocycles. The van der Waals surface area contributed by atoms with Gasteiger partial charge in [-0.25, -0.2) is 0 Å². The van der Waals surface area contributed by atoms with Crippen molar-refractivity contribution in [3.63, 3.8) is 0 Å². The molecular weight excluding hydrogens is 246 g/mol. The Balaban J connectivity index is 1.90. The lowest BCUT2D eigenvalue weighted by Gasteiger charge is -2.01. The molecule has 74 valence electrons. The molecule has 0 unspecified atom stereocenters. The second-order valence-electron chi connectivity index (χ2n) is 3.01. The summed E-state index contributed by atoms with van der Waals surface area (Å²) in [4.78, 5) is 1.43. The number of thiophene rings is 1. The van der Waals surface area contributed by atoms with Gasteiger partial charge in [-0.15, -0.1) is 11.3 Å². The van der Waals surface area contributed by atoms with E-state index in [-0.39, 0.29) is 0 Å². The Labute approximate surface area is 92.7 Å². The first kappa shape index (κ1) is 11.2. The molecule has 0 spiro atoms. The Morgan fingerprint density at radius 1 is 1.31 bits per heavy atom. The maximum Gasteiger partial charge on any atom is 0.0299 e. The predicted octanol–water partition coefficient (Wildman–Crippen LogP) is 3.40. The maximum atomic E-state index is 3.44. The van der Waals surface area contributed by atoms with E-state index in [4.69, 9.17) is 0 Å². The molecule has 1 rings (SSSR count). The molecule has 0 atom stereocenters. The van der Waals surface area contributed by atoms with Gasteiger partial charge in [-0.1, -0.05) is 28.4 Å². The van der Waals surface area contributed by atoms with E-state index in [2.05, 4.69) is 38.8 Å². The first-order valence-electron chi connectivity index (χ1n) is 4.72. The molecule has 1 heterocycles. The van der Waals surface area contributed by atoms with Crippen molar-refractivity contribution in [2.45, 2.75) is 25.8 Å².